The average Bonchev–Trinajstić information content (AvgIpc) is 2.48. The standard InChI is InChI=1S/C15H19FN2O3/c1-18-9-11(4-6-14(18)19)17-8-10-3-5-12(13(16)7-10)15(20)21-2/h3,5,7,11,17H,4,6,8-9H2,1-2H3. The lowest BCUT2D eigenvalue weighted by molar-refractivity contribution is -0.132. The number of benzene rings is 1. The number of nitrogens with one attached hydrogen (secondary N) is 1. The molecule has 0 aromatic heterocycles. The van der Waals surface area contributed by atoms with Gasteiger partial charge in [-0.1, -0.05) is 6.07 Å². The highest BCUT2D eigenvalue weighted by Gasteiger charge is 2.22. The second-order valence-corrected chi connectivity index (χ2v) is 5.20. The predicted octanol–water partition coefficient (Wildman–Crippen LogP) is 1.32. The number of halogens is 1. The quantitative estimate of drug-likeness (QED) is 0.851. The maximum atomic E-state index is 13.8. The number of carbonyl (C=O) groups excluding carboxylic acids is 2. The summed E-state index contributed by atoms with van der Waals surface area (Å²) >= 11 is 0. The first-order valence-electron chi connectivity index (χ1n) is 6.85. The van der Waals surface area contributed by atoms with Crippen molar-refractivity contribution in [2.24, 2.45) is 0 Å². The highest BCUT2D eigenvalue weighted by Crippen LogP contribution is 2.14. The number of methoxy groups -OCH3 is 1. The lowest BCUT2D eigenvalue weighted by Crippen LogP contribution is -2.46. The molecule has 6 heteroatoms. The van der Waals surface area contributed by atoms with E-state index in [0.29, 0.717) is 19.5 Å². The zero-order valence-corrected chi connectivity index (χ0v) is 12.2. The van der Waals surface area contributed by atoms with E-state index in [2.05, 4.69) is 10.1 Å². The smallest absolute Gasteiger partial charge is 0.340 e. The molecular formula is C15H19FN2O3. The number of esters is 1. The maximum absolute atomic E-state index is 13.8. The van der Waals surface area contributed by atoms with Gasteiger partial charge in [-0.2, -0.15) is 0 Å². The number of ether oxygens (including phenoxy) is 1. The molecule has 1 aliphatic rings. The van der Waals surface area contributed by atoms with Crippen LogP contribution < -0.4 is 5.32 Å². The molecule has 1 aliphatic heterocycles. The first-order chi connectivity index (χ1) is 10.0. The Morgan fingerprint density at radius 3 is 2.90 bits per heavy atom. The number of amides is 1. The van der Waals surface area contributed by atoms with Gasteiger partial charge in [-0.05, 0) is 24.1 Å². The molecular weight excluding hydrogens is 275 g/mol. The average molecular weight is 294 g/mol. The van der Waals surface area contributed by atoms with Gasteiger partial charge in [-0.3, -0.25) is 4.79 Å². The van der Waals surface area contributed by atoms with Crippen LogP contribution in [0.25, 0.3) is 0 Å². The number of likely N-dealkylation sites (N-methyl/N-ethyl adjacent to an activating group) is 1. The molecule has 1 aromatic carbocycles. The molecule has 0 spiro atoms. The molecule has 1 fully saturated rings. The molecule has 0 radical (unpaired) electrons. The van der Waals surface area contributed by atoms with E-state index < -0.39 is 11.8 Å². The van der Waals surface area contributed by atoms with Gasteiger partial charge in [0, 0.05) is 32.6 Å². The van der Waals surface area contributed by atoms with Crippen molar-refractivity contribution in [2.45, 2.75) is 25.4 Å². The molecule has 1 saturated heterocycles. The van der Waals surface area contributed by atoms with Crippen molar-refractivity contribution in [3.05, 3.63) is 35.1 Å². The summed E-state index contributed by atoms with van der Waals surface area (Å²) < 4.78 is 18.3. The molecule has 1 amide bonds. The Balaban J connectivity index is 1.93. The number of rotatable bonds is 4. The zero-order valence-electron chi connectivity index (χ0n) is 12.2. The molecule has 2 rings (SSSR count). The Hall–Kier alpha value is -1.95. The van der Waals surface area contributed by atoms with Gasteiger partial charge in [-0.25, -0.2) is 9.18 Å². The Bertz CT molecular complexity index is 548. The Labute approximate surface area is 123 Å². The van der Waals surface area contributed by atoms with Crippen molar-refractivity contribution in [3.63, 3.8) is 0 Å². The normalized spacial score (nSPS) is 18.7. The summed E-state index contributed by atoms with van der Waals surface area (Å²) in [6.07, 6.45) is 1.32. The summed E-state index contributed by atoms with van der Waals surface area (Å²) in [4.78, 5) is 24.4. The summed E-state index contributed by atoms with van der Waals surface area (Å²) in [5, 5.41) is 3.30. The van der Waals surface area contributed by atoms with E-state index in [0.717, 1.165) is 12.0 Å². The van der Waals surface area contributed by atoms with Crippen LogP contribution in [0.5, 0.6) is 0 Å². The van der Waals surface area contributed by atoms with E-state index in [9.17, 15) is 14.0 Å². The lowest BCUT2D eigenvalue weighted by atomic mass is 10.0. The molecule has 0 bridgehead atoms. The minimum Gasteiger partial charge on any atom is -0.465 e. The third-order valence-corrected chi connectivity index (χ3v) is 3.66. The van der Waals surface area contributed by atoms with Crippen LogP contribution in [0.2, 0.25) is 0 Å². The van der Waals surface area contributed by atoms with Gasteiger partial charge in [0.05, 0.1) is 12.7 Å². The minimum absolute atomic E-state index is 0.0655. The Morgan fingerprint density at radius 1 is 1.52 bits per heavy atom. The summed E-state index contributed by atoms with van der Waals surface area (Å²) in [5.74, 6) is -1.11. The molecule has 0 saturated carbocycles. The number of hydrogen-bond acceptors (Lipinski definition) is 4. The zero-order chi connectivity index (χ0) is 15.4. The van der Waals surface area contributed by atoms with Crippen molar-refractivity contribution >= 4 is 11.9 Å². The fourth-order valence-corrected chi connectivity index (χ4v) is 2.39. The molecule has 1 N–H and O–H groups in total. The molecule has 5 nitrogen and oxygen atoms in total. The molecule has 1 aromatic rings. The van der Waals surface area contributed by atoms with Crippen LogP contribution in [0.3, 0.4) is 0 Å². The second-order valence-electron chi connectivity index (χ2n) is 5.20. The highest BCUT2D eigenvalue weighted by molar-refractivity contribution is 5.89. The van der Waals surface area contributed by atoms with Crippen LogP contribution >= 0.6 is 0 Å². The summed E-state index contributed by atoms with van der Waals surface area (Å²) in [5.41, 5.74) is 0.684. The number of piperidine rings is 1. The van der Waals surface area contributed by atoms with Crippen LogP contribution in [0.1, 0.15) is 28.8 Å². The minimum atomic E-state index is -0.681. The number of likely N-dealkylation sites (tertiary alicyclic amines) is 1. The van der Waals surface area contributed by atoms with E-state index in [1.807, 2.05) is 0 Å². The summed E-state index contributed by atoms with van der Waals surface area (Å²) in [6.45, 7) is 1.15. The second kappa shape index (κ2) is 6.67. The van der Waals surface area contributed by atoms with E-state index in [-0.39, 0.29) is 17.5 Å². The van der Waals surface area contributed by atoms with Crippen molar-refractivity contribution in [1.29, 1.82) is 0 Å². The topological polar surface area (TPSA) is 58.6 Å². The Kier molecular flexibility index (Phi) is 4.90. The van der Waals surface area contributed by atoms with Gasteiger partial charge in [-0.15, -0.1) is 0 Å². The van der Waals surface area contributed by atoms with E-state index in [1.165, 1.54) is 19.2 Å². The fraction of sp³-hybridized carbons (Fsp3) is 0.467. The van der Waals surface area contributed by atoms with Crippen molar-refractivity contribution < 1.29 is 18.7 Å². The monoisotopic (exact) mass is 294 g/mol. The number of nitrogens with zero attached hydrogens (tertiary/aromatic N) is 1. The van der Waals surface area contributed by atoms with Crippen molar-refractivity contribution in [3.8, 4) is 0 Å². The van der Waals surface area contributed by atoms with Crippen molar-refractivity contribution in [1.82, 2.24) is 10.2 Å². The third-order valence-electron chi connectivity index (χ3n) is 3.66. The van der Waals surface area contributed by atoms with E-state index >= 15 is 0 Å². The lowest BCUT2D eigenvalue weighted by Gasteiger charge is -2.30. The van der Waals surface area contributed by atoms with Gasteiger partial charge in [0.2, 0.25) is 5.91 Å². The number of carbonyl (C=O) groups is 2. The van der Waals surface area contributed by atoms with Crippen LogP contribution in [0, 0.1) is 5.82 Å². The van der Waals surface area contributed by atoms with Crippen LogP contribution in [0.15, 0.2) is 18.2 Å². The van der Waals surface area contributed by atoms with Crippen LogP contribution in [-0.2, 0) is 16.1 Å². The molecule has 1 atom stereocenters. The van der Waals surface area contributed by atoms with E-state index in [1.54, 1.807) is 18.0 Å². The summed E-state index contributed by atoms with van der Waals surface area (Å²) in [7, 11) is 3.00. The van der Waals surface area contributed by atoms with Gasteiger partial charge in [0.25, 0.3) is 0 Å². The van der Waals surface area contributed by atoms with Crippen LogP contribution in [-0.4, -0.2) is 43.5 Å². The van der Waals surface area contributed by atoms with Gasteiger partial charge in [0.1, 0.15) is 5.82 Å². The molecule has 0 aliphatic carbocycles. The SMILES string of the molecule is COC(=O)c1ccc(CNC2CCC(=O)N(C)C2)cc1F. The molecule has 21 heavy (non-hydrogen) atoms. The first-order valence-corrected chi connectivity index (χ1v) is 6.85. The van der Waals surface area contributed by atoms with Crippen LogP contribution in [0.4, 0.5) is 4.39 Å². The highest BCUT2D eigenvalue weighted by atomic mass is 19.1. The van der Waals surface area contributed by atoms with E-state index in [4.69, 9.17) is 0 Å². The molecule has 1 heterocycles. The fourth-order valence-electron chi connectivity index (χ4n) is 2.39. The molecule has 1 unspecified atom stereocenters. The largest absolute Gasteiger partial charge is 0.465 e. The third kappa shape index (κ3) is 3.78. The molecule has 114 valence electrons. The Morgan fingerprint density at radius 2 is 2.29 bits per heavy atom. The van der Waals surface area contributed by atoms with Gasteiger partial charge >= 0.3 is 5.97 Å². The first kappa shape index (κ1) is 15.4. The van der Waals surface area contributed by atoms with Crippen molar-refractivity contribution in [2.75, 3.05) is 20.7 Å². The number of hydrogen-bond donors (Lipinski definition) is 1. The maximum Gasteiger partial charge on any atom is 0.340 e. The van der Waals surface area contributed by atoms with Gasteiger partial charge < -0.3 is 15.0 Å². The predicted molar refractivity (Wildman–Crippen MR) is 75.2 cm³/mol. The van der Waals surface area contributed by atoms with Gasteiger partial charge in [0.15, 0.2) is 0 Å². The summed E-state index contributed by atoms with van der Waals surface area (Å²) in [6, 6.07) is 4.65.